The summed E-state index contributed by atoms with van der Waals surface area (Å²) in [6.07, 6.45) is 1.24. The minimum absolute atomic E-state index is 0.0290. The van der Waals surface area contributed by atoms with Crippen LogP contribution >= 0.6 is 0 Å². The van der Waals surface area contributed by atoms with E-state index in [0.717, 1.165) is 6.07 Å². The van der Waals surface area contributed by atoms with Gasteiger partial charge in [0.05, 0.1) is 11.3 Å². The Morgan fingerprint density at radius 3 is 2.71 bits per heavy atom. The first-order valence-corrected chi connectivity index (χ1v) is 4.73. The Morgan fingerprint density at radius 2 is 2.00 bits per heavy atom. The summed E-state index contributed by atoms with van der Waals surface area (Å²) >= 11 is 0. The van der Waals surface area contributed by atoms with E-state index in [1.54, 1.807) is 0 Å². The largest absolute Gasteiger partial charge is 0.478 e. The van der Waals surface area contributed by atoms with Crippen molar-refractivity contribution in [2.24, 2.45) is 0 Å². The summed E-state index contributed by atoms with van der Waals surface area (Å²) in [5.41, 5.74) is -0.00587. The highest BCUT2D eigenvalue weighted by Gasteiger charge is 2.12. The van der Waals surface area contributed by atoms with E-state index in [0.29, 0.717) is 0 Å². The fraction of sp³-hybridized carbons (Fsp3) is 0. The number of carbonyl (C=O) groups is 1. The van der Waals surface area contributed by atoms with Crippen LogP contribution in [0.1, 0.15) is 10.4 Å². The van der Waals surface area contributed by atoms with E-state index in [1.807, 2.05) is 0 Å². The number of rotatable bonds is 2. The molecule has 0 radical (unpaired) electrons. The molecule has 0 bridgehead atoms. The van der Waals surface area contributed by atoms with Gasteiger partial charge in [0, 0.05) is 11.8 Å². The molecule has 0 aliphatic rings. The van der Waals surface area contributed by atoms with Gasteiger partial charge < -0.3 is 5.11 Å². The highest BCUT2D eigenvalue weighted by atomic mass is 19.2. The third-order valence-electron chi connectivity index (χ3n) is 2.23. The van der Waals surface area contributed by atoms with Gasteiger partial charge in [0.15, 0.2) is 11.6 Å². The third-order valence-corrected chi connectivity index (χ3v) is 2.23. The molecular formula is C12H7F2NO2. The van der Waals surface area contributed by atoms with Crippen LogP contribution in [0.3, 0.4) is 0 Å². The number of carboxylic acids is 1. The van der Waals surface area contributed by atoms with Crippen LogP contribution in [0.5, 0.6) is 0 Å². The number of nitrogens with zero attached hydrogens (tertiary/aromatic N) is 1. The topological polar surface area (TPSA) is 50.2 Å². The van der Waals surface area contributed by atoms with Gasteiger partial charge in [-0.05, 0) is 24.3 Å². The fourth-order valence-electron chi connectivity index (χ4n) is 1.41. The van der Waals surface area contributed by atoms with E-state index >= 15 is 0 Å². The molecular weight excluding hydrogens is 228 g/mol. The molecule has 2 aromatic rings. The van der Waals surface area contributed by atoms with E-state index in [9.17, 15) is 13.6 Å². The molecule has 0 aliphatic heterocycles. The molecule has 0 unspecified atom stereocenters. The summed E-state index contributed by atoms with van der Waals surface area (Å²) < 4.78 is 26.5. The number of hydrogen-bond donors (Lipinski definition) is 1. The second kappa shape index (κ2) is 4.29. The summed E-state index contributed by atoms with van der Waals surface area (Å²) in [7, 11) is 0. The number of benzene rings is 1. The van der Waals surface area contributed by atoms with Crippen molar-refractivity contribution in [1.82, 2.24) is 4.98 Å². The molecule has 86 valence electrons. The van der Waals surface area contributed by atoms with Crippen LogP contribution in [0, 0.1) is 11.6 Å². The average Bonchev–Trinajstić information content (AvgIpc) is 2.33. The predicted octanol–water partition coefficient (Wildman–Crippen LogP) is 2.73. The van der Waals surface area contributed by atoms with Gasteiger partial charge in [-0.25, -0.2) is 13.6 Å². The van der Waals surface area contributed by atoms with E-state index in [-0.39, 0.29) is 16.8 Å². The van der Waals surface area contributed by atoms with Crippen molar-refractivity contribution >= 4 is 5.97 Å². The Bertz CT molecular complexity index is 584. The highest BCUT2D eigenvalue weighted by Crippen LogP contribution is 2.23. The van der Waals surface area contributed by atoms with Gasteiger partial charge in [-0.1, -0.05) is 6.07 Å². The Hall–Kier alpha value is -2.30. The van der Waals surface area contributed by atoms with Gasteiger partial charge in [0.1, 0.15) is 0 Å². The van der Waals surface area contributed by atoms with Crippen molar-refractivity contribution < 1.29 is 18.7 Å². The average molecular weight is 235 g/mol. The number of aromatic nitrogens is 1. The summed E-state index contributed by atoms with van der Waals surface area (Å²) in [5.74, 6) is -3.18. The smallest absolute Gasteiger partial charge is 0.335 e. The molecule has 0 fully saturated rings. The van der Waals surface area contributed by atoms with Crippen molar-refractivity contribution in [3.63, 3.8) is 0 Å². The maximum absolute atomic E-state index is 13.5. The second-order valence-electron chi connectivity index (χ2n) is 3.34. The summed E-state index contributed by atoms with van der Waals surface area (Å²) in [4.78, 5) is 14.6. The van der Waals surface area contributed by atoms with E-state index in [4.69, 9.17) is 5.11 Å². The lowest BCUT2D eigenvalue weighted by atomic mass is 10.1. The predicted molar refractivity (Wildman–Crippen MR) is 56.5 cm³/mol. The van der Waals surface area contributed by atoms with Crippen LogP contribution in [0.2, 0.25) is 0 Å². The summed E-state index contributed by atoms with van der Waals surface area (Å²) in [6, 6.07) is 6.14. The standard InChI is InChI=1S/C12H7F2NO2/c13-9-3-1-2-8(11(9)14)10-6-7(12(16)17)4-5-15-10/h1-6H,(H,16,17). The van der Waals surface area contributed by atoms with Crippen LogP contribution in [0.4, 0.5) is 8.78 Å². The first-order chi connectivity index (χ1) is 8.09. The molecule has 2 rings (SSSR count). The van der Waals surface area contributed by atoms with Crippen molar-refractivity contribution in [2.75, 3.05) is 0 Å². The Balaban J connectivity index is 2.57. The monoisotopic (exact) mass is 235 g/mol. The zero-order valence-electron chi connectivity index (χ0n) is 8.52. The lowest BCUT2D eigenvalue weighted by Gasteiger charge is -2.03. The van der Waals surface area contributed by atoms with Gasteiger partial charge in [-0.3, -0.25) is 4.98 Å². The van der Waals surface area contributed by atoms with Crippen LogP contribution in [-0.2, 0) is 0 Å². The van der Waals surface area contributed by atoms with Crippen molar-refractivity contribution in [3.05, 3.63) is 53.7 Å². The van der Waals surface area contributed by atoms with Gasteiger partial charge in [0.2, 0.25) is 0 Å². The first-order valence-electron chi connectivity index (χ1n) is 4.73. The molecule has 3 nitrogen and oxygen atoms in total. The molecule has 0 spiro atoms. The Labute approximate surface area is 95.4 Å². The van der Waals surface area contributed by atoms with Crippen LogP contribution in [0.15, 0.2) is 36.5 Å². The quantitative estimate of drug-likeness (QED) is 0.870. The maximum Gasteiger partial charge on any atom is 0.335 e. The van der Waals surface area contributed by atoms with Gasteiger partial charge in [0.25, 0.3) is 0 Å². The Morgan fingerprint density at radius 1 is 1.24 bits per heavy atom. The highest BCUT2D eigenvalue weighted by molar-refractivity contribution is 5.88. The number of aromatic carboxylic acids is 1. The number of halogens is 2. The molecule has 17 heavy (non-hydrogen) atoms. The van der Waals surface area contributed by atoms with Crippen molar-refractivity contribution in [3.8, 4) is 11.3 Å². The molecule has 1 heterocycles. The fourth-order valence-corrected chi connectivity index (χ4v) is 1.41. The number of hydrogen-bond acceptors (Lipinski definition) is 2. The normalized spacial score (nSPS) is 10.2. The molecule has 1 N–H and O–H groups in total. The SMILES string of the molecule is O=C(O)c1ccnc(-c2cccc(F)c2F)c1. The summed E-state index contributed by atoms with van der Waals surface area (Å²) in [6.45, 7) is 0. The molecule has 0 amide bonds. The molecule has 1 aromatic carbocycles. The molecule has 5 heteroatoms. The minimum Gasteiger partial charge on any atom is -0.478 e. The van der Waals surface area contributed by atoms with Gasteiger partial charge >= 0.3 is 5.97 Å². The van der Waals surface area contributed by atoms with E-state index in [2.05, 4.69) is 4.98 Å². The number of pyridine rings is 1. The van der Waals surface area contributed by atoms with Crippen LogP contribution in [0.25, 0.3) is 11.3 Å². The minimum atomic E-state index is -1.15. The van der Waals surface area contributed by atoms with Crippen molar-refractivity contribution in [1.29, 1.82) is 0 Å². The van der Waals surface area contributed by atoms with E-state index in [1.165, 1.54) is 30.5 Å². The molecule has 1 aromatic heterocycles. The molecule has 0 saturated heterocycles. The third kappa shape index (κ3) is 2.13. The van der Waals surface area contributed by atoms with E-state index < -0.39 is 17.6 Å². The Kier molecular flexibility index (Phi) is 2.82. The van der Waals surface area contributed by atoms with Crippen LogP contribution in [-0.4, -0.2) is 16.1 Å². The lowest BCUT2D eigenvalue weighted by molar-refractivity contribution is 0.0697. The zero-order chi connectivity index (χ0) is 12.4. The molecule has 0 atom stereocenters. The van der Waals surface area contributed by atoms with Crippen molar-refractivity contribution in [2.45, 2.75) is 0 Å². The maximum atomic E-state index is 13.5. The summed E-state index contributed by atoms with van der Waals surface area (Å²) in [5, 5.41) is 8.78. The van der Waals surface area contributed by atoms with Crippen LogP contribution < -0.4 is 0 Å². The first kappa shape index (κ1) is 11.2. The number of carboxylic acid groups (broad SMARTS) is 1. The zero-order valence-corrected chi connectivity index (χ0v) is 8.52. The lowest BCUT2D eigenvalue weighted by Crippen LogP contribution is -1.98. The van der Waals surface area contributed by atoms with Gasteiger partial charge in [-0.15, -0.1) is 0 Å². The van der Waals surface area contributed by atoms with Gasteiger partial charge in [-0.2, -0.15) is 0 Å². The second-order valence-corrected chi connectivity index (χ2v) is 3.34. The molecule has 0 saturated carbocycles. The molecule has 0 aliphatic carbocycles.